The standard InChI is InChI=1S/C10H10ClN3O/c1-8-5-12-10(13-6-8)14(11)7-9-3-2-4-15-9/h2-6H,7H2,1H3. The molecule has 0 unspecified atom stereocenters. The molecule has 0 saturated heterocycles. The lowest BCUT2D eigenvalue weighted by atomic mass is 10.4. The van der Waals surface area contributed by atoms with E-state index in [0.29, 0.717) is 12.5 Å². The van der Waals surface area contributed by atoms with Crippen molar-refractivity contribution in [3.05, 3.63) is 42.1 Å². The number of furan rings is 1. The van der Waals surface area contributed by atoms with Crippen LogP contribution in [0.4, 0.5) is 5.95 Å². The molecule has 2 aromatic heterocycles. The zero-order chi connectivity index (χ0) is 10.7. The van der Waals surface area contributed by atoms with Gasteiger partial charge in [0.05, 0.1) is 12.8 Å². The van der Waals surface area contributed by atoms with Gasteiger partial charge in [-0.15, -0.1) is 0 Å². The maximum atomic E-state index is 6.00. The number of aromatic nitrogens is 2. The SMILES string of the molecule is Cc1cnc(N(Cl)Cc2ccco2)nc1. The zero-order valence-electron chi connectivity index (χ0n) is 8.22. The summed E-state index contributed by atoms with van der Waals surface area (Å²) < 4.78 is 6.58. The smallest absolute Gasteiger partial charge is 0.240 e. The molecule has 0 saturated carbocycles. The summed E-state index contributed by atoms with van der Waals surface area (Å²) in [6.07, 6.45) is 5.05. The lowest BCUT2D eigenvalue weighted by molar-refractivity contribution is 0.512. The first-order valence-corrected chi connectivity index (χ1v) is 4.84. The summed E-state index contributed by atoms with van der Waals surface area (Å²) in [6.45, 7) is 2.37. The van der Waals surface area contributed by atoms with Crippen molar-refractivity contribution in [3.8, 4) is 0 Å². The molecule has 0 atom stereocenters. The van der Waals surface area contributed by atoms with Gasteiger partial charge in [-0.05, 0) is 24.6 Å². The molecule has 0 aliphatic rings. The molecule has 2 aromatic rings. The second-order valence-corrected chi connectivity index (χ2v) is 3.57. The third-order valence-electron chi connectivity index (χ3n) is 1.86. The van der Waals surface area contributed by atoms with Crippen molar-refractivity contribution in [2.45, 2.75) is 13.5 Å². The average molecular weight is 224 g/mol. The van der Waals surface area contributed by atoms with E-state index in [9.17, 15) is 0 Å². The number of rotatable bonds is 3. The molecule has 2 rings (SSSR count). The molecule has 0 radical (unpaired) electrons. The number of anilines is 1. The zero-order valence-corrected chi connectivity index (χ0v) is 8.98. The fraction of sp³-hybridized carbons (Fsp3) is 0.200. The van der Waals surface area contributed by atoms with Crippen LogP contribution in [0.2, 0.25) is 0 Å². The van der Waals surface area contributed by atoms with E-state index in [2.05, 4.69) is 9.97 Å². The van der Waals surface area contributed by atoms with E-state index in [1.165, 1.54) is 4.42 Å². The van der Waals surface area contributed by atoms with Gasteiger partial charge >= 0.3 is 0 Å². The van der Waals surface area contributed by atoms with Crippen molar-refractivity contribution in [1.82, 2.24) is 9.97 Å². The molecule has 0 bridgehead atoms. The third kappa shape index (κ3) is 2.47. The fourth-order valence-electron chi connectivity index (χ4n) is 1.12. The molecule has 0 amide bonds. The van der Waals surface area contributed by atoms with Crippen LogP contribution in [0.1, 0.15) is 11.3 Å². The largest absolute Gasteiger partial charge is 0.467 e. The molecule has 5 heteroatoms. The van der Waals surface area contributed by atoms with E-state index >= 15 is 0 Å². The van der Waals surface area contributed by atoms with Crippen LogP contribution in [-0.2, 0) is 6.54 Å². The number of hydrogen-bond donors (Lipinski definition) is 0. The molecule has 0 spiro atoms. The molecular formula is C10H10ClN3O. The number of halogens is 1. The van der Waals surface area contributed by atoms with Crippen molar-refractivity contribution < 1.29 is 4.42 Å². The molecule has 4 nitrogen and oxygen atoms in total. The first-order chi connectivity index (χ1) is 7.25. The van der Waals surface area contributed by atoms with Gasteiger partial charge in [-0.1, -0.05) is 0 Å². The monoisotopic (exact) mass is 223 g/mol. The summed E-state index contributed by atoms with van der Waals surface area (Å²) in [5, 5.41) is 0. The van der Waals surface area contributed by atoms with Crippen molar-refractivity contribution in [2.75, 3.05) is 4.42 Å². The van der Waals surface area contributed by atoms with Crippen LogP contribution in [0.25, 0.3) is 0 Å². The van der Waals surface area contributed by atoms with Gasteiger partial charge in [0.15, 0.2) is 0 Å². The number of hydrogen-bond acceptors (Lipinski definition) is 4. The van der Waals surface area contributed by atoms with Crippen LogP contribution in [0.3, 0.4) is 0 Å². The minimum absolute atomic E-state index is 0.442. The molecule has 0 aliphatic heterocycles. The molecule has 15 heavy (non-hydrogen) atoms. The lowest BCUT2D eigenvalue weighted by Crippen LogP contribution is -2.12. The third-order valence-corrected chi connectivity index (χ3v) is 2.13. The highest BCUT2D eigenvalue weighted by Gasteiger charge is 2.08. The molecular weight excluding hydrogens is 214 g/mol. The maximum absolute atomic E-state index is 6.00. The molecule has 0 fully saturated rings. The molecule has 0 aromatic carbocycles. The van der Waals surface area contributed by atoms with Crippen LogP contribution in [0, 0.1) is 6.92 Å². The van der Waals surface area contributed by atoms with E-state index in [-0.39, 0.29) is 0 Å². The Kier molecular flexibility index (Phi) is 2.87. The van der Waals surface area contributed by atoms with Gasteiger partial charge in [0.1, 0.15) is 5.76 Å². The van der Waals surface area contributed by atoms with Gasteiger partial charge in [0.25, 0.3) is 0 Å². The van der Waals surface area contributed by atoms with Gasteiger partial charge in [-0.3, -0.25) is 0 Å². The van der Waals surface area contributed by atoms with E-state index < -0.39 is 0 Å². The highest BCUT2D eigenvalue weighted by atomic mass is 35.5. The highest BCUT2D eigenvalue weighted by Crippen LogP contribution is 2.14. The second-order valence-electron chi connectivity index (χ2n) is 3.16. The summed E-state index contributed by atoms with van der Waals surface area (Å²) in [7, 11) is 0. The average Bonchev–Trinajstić information content (AvgIpc) is 2.71. The van der Waals surface area contributed by atoms with E-state index in [0.717, 1.165) is 11.3 Å². The Morgan fingerprint density at radius 1 is 1.40 bits per heavy atom. The fourth-order valence-corrected chi connectivity index (χ4v) is 1.33. The summed E-state index contributed by atoms with van der Waals surface area (Å²) in [5.74, 6) is 1.24. The van der Waals surface area contributed by atoms with E-state index in [1.807, 2.05) is 19.1 Å². The Morgan fingerprint density at radius 2 is 2.13 bits per heavy atom. The van der Waals surface area contributed by atoms with Gasteiger partial charge in [-0.25, -0.2) is 14.4 Å². The summed E-state index contributed by atoms with van der Waals surface area (Å²) in [4.78, 5) is 8.20. The molecule has 78 valence electrons. The van der Waals surface area contributed by atoms with Gasteiger partial charge in [0.2, 0.25) is 5.95 Å². The Hall–Kier alpha value is -1.55. The highest BCUT2D eigenvalue weighted by molar-refractivity contribution is 6.24. The predicted octanol–water partition coefficient (Wildman–Crippen LogP) is 2.54. The van der Waals surface area contributed by atoms with E-state index in [4.69, 9.17) is 16.2 Å². The van der Waals surface area contributed by atoms with Crippen LogP contribution < -0.4 is 4.42 Å². The van der Waals surface area contributed by atoms with Crippen LogP contribution in [-0.4, -0.2) is 9.97 Å². The Labute approximate surface area is 92.6 Å². The second kappa shape index (κ2) is 4.31. The Bertz CT molecular complexity index is 413. The van der Waals surface area contributed by atoms with Crippen LogP contribution in [0.5, 0.6) is 0 Å². The summed E-state index contributed by atoms with van der Waals surface area (Å²) in [5.41, 5.74) is 1.00. The maximum Gasteiger partial charge on any atom is 0.240 e. The van der Waals surface area contributed by atoms with E-state index in [1.54, 1.807) is 18.7 Å². The Morgan fingerprint density at radius 3 is 2.73 bits per heavy atom. The lowest BCUT2D eigenvalue weighted by Gasteiger charge is -2.11. The summed E-state index contributed by atoms with van der Waals surface area (Å²) in [6, 6.07) is 3.67. The summed E-state index contributed by atoms with van der Waals surface area (Å²) >= 11 is 6.00. The minimum atomic E-state index is 0.442. The molecule has 0 N–H and O–H groups in total. The number of nitrogens with zero attached hydrogens (tertiary/aromatic N) is 3. The topological polar surface area (TPSA) is 42.2 Å². The Balaban J connectivity index is 2.08. The minimum Gasteiger partial charge on any atom is -0.467 e. The van der Waals surface area contributed by atoms with Crippen molar-refractivity contribution in [1.29, 1.82) is 0 Å². The van der Waals surface area contributed by atoms with Crippen LogP contribution in [0.15, 0.2) is 35.2 Å². The number of aryl methyl sites for hydroxylation is 1. The molecule has 0 aliphatic carbocycles. The first kappa shape index (κ1) is 9.98. The van der Waals surface area contributed by atoms with Crippen molar-refractivity contribution in [2.24, 2.45) is 0 Å². The van der Waals surface area contributed by atoms with Gasteiger partial charge < -0.3 is 4.42 Å². The van der Waals surface area contributed by atoms with Gasteiger partial charge in [0, 0.05) is 24.2 Å². The first-order valence-electron chi connectivity index (χ1n) is 4.50. The van der Waals surface area contributed by atoms with Crippen molar-refractivity contribution in [3.63, 3.8) is 0 Å². The molecule has 2 heterocycles. The normalized spacial score (nSPS) is 10.3. The quantitative estimate of drug-likeness (QED) is 0.750. The van der Waals surface area contributed by atoms with Crippen LogP contribution >= 0.6 is 11.8 Å². The van der Waals surface area contributed by atoms with Crippen molar-refractivity contribution >= 4 is 17.7 Å². The van der Waals surface area contributed by atoms with Gasteiger partial charge in [-0.2, -0.15) is 0 Å². The predicted molar refractivity (Wildman–Crippen MR) is 57.5 cm³/mol.